The molecule has 1 aromatic carbocycles. The van der Waals surface area contributed by atoms with Crippen LogP contribution in [0.25, 0.3) is 0 Å². The predicted molar refractivity (Wildman–Crippen MR) is 67.4 cm³/mol. The summed E-state index contributed by atoms with van der Waals surface area (Å²) in [4.78, 5) is 7.74. The number of hydrogen-bond acceptors (Lipinski definition) is 4. The second kappa shape index (κ2) is 6.16. The highest BCUT2D eigenvalue weighted by Gasteiger charge is 1.97. The third kappa shape index (κ3) is 3.85. The molecule has 0 aliphatic carbocycles. The molecule has 0 atom stereocenters. The molecule has 0 bridgehead atoms. The van der Waals surface area contributed by atoms with Crippen LogP contribution in [0.3, 0.4) is 0 Å². The normalized spacial score (nSPS) is 10.1. The SMILES string of the molecule is Fc1ccc(OCCNc2ccnc(Cl)n2)cc1. The molecule has 0 aliphatic heterocycles. The highest BCUT2D eigenvalue weighted by atomic mass is 35.5. The summed E-state index contributed by atoms with van der Waals surface area (Å²) in [6, 6.07) is 7.58. The van der Waals surface area contributed by atoms with Crippen LogP contribution in [0.2, 0.25) is 5.28 Å². The van der Waals surface area contributed by atoms with Crippen LogP contribution < -0.4 is 10.1 Å². The number of nitrogens with one attached hydrogen (secondary N) is 1. The Kier molecular flexibility index (Phi) is 4.30. The standard InChI is InChI=1S/C12H11ClFN3O/c13-12-16-6-5-11(17-12)15-7-8-18-10-3-1-9(14)2-4-10/h1-6H,7-8H2,(H,15,16,17). The average Bonchev–Trinajstić information content (AvgIpc) is 2.37. The van der Waals surface area contributed by atoms with Crippen molar-refractivity contribution in [2.45, 2.75) is 0 Å². The van der Waals surface area contributed by atoms with Gasteiger partial charge in [0.25, 0.3) is 0 Å². The summed E-state index contributed by atoms with van der Waals surface area (Å²) in [5, 5.41) is 3.23. The van der Waals surface area contributed by atoms with Crippen molar-refractivity contribution in [3.8, 4) is 5.75 Å². The molecule has 0 spiro atoms. The fourth-order valence-electron chi connectivity index (χ4n) is 1.31. The lowest BCUT2D eigenvalue weighted by Gasteiger charge is -2.07. The molecule has 0 radical (unpaired) electrons. The van der Waals surface area contributed by atoms with Crippen LogP contribution in [0.1, 0.15) is 0 Å². The molecule has 1 N–H and O–H groups in total. The average molecular weight is 268 g/mol. The van der Waals surface area contributed by atoms with Crippen molar-refractivity contribution in [1.29, 1.82) is 0 Å². The van der Waals surface area contributed by atoms with Crippen LogP contribution in [0, 0.1) is 5.82 Å². The van der Waals surface area contributed by atoms with E-state index in [1.54, 1.807) is 24.4 Å². The zero-order chi connectivity index (χ0) is 12.8. The molecule has 1 aromatic heterocycles. The van der Waals surface area contributed by atoms with Crippen molar-refractivity contribution in [3.63, 3.8) is 0 Å². The van der Waals surface area contributed by atoms with E-state index in [1.807, 2.05) is 0 Å². The van der Waals surface area contributed by atoms with Gasteiger partial charge in [-0.25, -0.2) is 14.4 Å². The molecular formula is C12H11ClFN3O. The highest BCUT2D eigenvalue weighted by molar-refractivity contribution is 6.28. The lowest BCUT2D eigenvalue weighted by atomic mass is 10.3. The summed E-state index contributed by atoms with van der Waals surface area (Å²) >= 11 is 5.64. The van der Waals surface area contributed by atoms with Gasteiger partial charge in [-0.1, -0.05) is 0 Å². The van der Waals surface area contributed by atoms with Crippen molar-refractivity contribution in [1.82, 2.24) is 9.97 Å². The Morgan fingerprint density at radius 1 is 1.22 bits per heavy atom. The zero-order valence-corrected chi connectivity index (χ0v) is 10.2. The molecule has 18 heavy (non-hydrogen) atoms. The minimum Gasteiger partial charge on any atom is -0.492 e. The van der Waals surface area contributed by atoms with E-state index >= 15 is 0 Å². The molecule has 4 nitrogen and oxygen atoms in total. The molecule has 6 heteroatoms. The molecule has 0 amide bonds. The summed E-state index contributed by atoms with van der Waals surface area (Å²) in [5.41, 5.74) is 0. The summed E-state index contributed by atoms with van der Waals surface area (Å²) < 4.78 is 18.0. The van der Waals surface area contributed by atoms with Gasteiger partial charge < -0.3 is 10.1 Å². The smallest absolute Gasteiger partial charge is 0.224 e. The molecule has 0 saturated heterocycles. The third-order valence-electron chi connectivity index (χ3n) is 2.12. The Labute approximate surface area is 109 Å². The highest BCUT2D eigenvalue weighted by Crippen LogP contribution is 2.11. The second-order valence-electron chi connectivity index (χ2n) is 3.44. The van der Waals surface area contributed by atoms with E-state index in [2.05, 4.69) is 15.3 Å². The van der Waals surface area contributed by atoms with Gasteiger partial charge in [0.05, 0.1) is 6.54 Å². The number of nitrogens with zero attached hydrogens (tertiary/aromatic N) is 2. The van der Waals surface area contributed by atoms with E-state index in [4.69, 9.17) is 16.3 Å². The van der Waals surface area contributed by atoms with Crippen molar-refractivity contribution in [2.75, 3.05) is 18.5 Å². The molecule has 2 rings (SSSR count). The fraction of sp³-hybridized carbons (Fsp3) is 0.167. The van der Waals surface area contributed by atoms with E-state index in [0.29, 0.717) is 24.7 Å². The largest absolute Gasteiger partial charge is 0.492 e. The summed E-state index contributed by atoms with van der Waals surface area (Å²) in [6.07, 6.45) is 1.57. The maximum Gasteiger partial charge on any atom is 0.224 e. The van der Waals surface area contributed by atoms with Crippen LogP contribution in [0.15, 0.2) is 36.5 Å². The van der Waals surface area contributed by atoms with Crippen molar-refractivity contribution in [2.24, 2.45) is 0 Å². The minimum atomic E-state index is -0.281. The van der Waals surface area contributed by atoms with Crippen LogP contribution in [0.4, 0.5) is 10.2 Å². The van der Waals surface area contributed by atoms with Gasteiger partial charge in [0.2, 0.25) is 5.28 Å². The predicted octanol–water partition coefficient (Wildman–Crippen LogP) is 2.76. The first-order valence-electron chi connectivity index (χ1n) is 5.35. The van der Waals surface area contributed by atoms with Gasteiger partial charge in [-0.15, -0.1) is 0 Å². The van der Waals surface area contributed by atoms with Crippen LogP contribution >= 0.6 is 11.6 Å². The monoisotopic (exact) mass is 267 g/mol. The van der Waals surface area contributed by atoms with Gasteiger partial charge in [-0.3, -0.25) is 0 Å². The minimum absolute atomic E-state index is 0.194. The zero-order valence-electron chi connectivity index (χ0n) is 9.44. The number of hydrogen-bond donors (Lipinski definition) is 1. The first-order valence-corrected chi connectivity index (χ1v) is 5.72. The lowest BCUT2D eigenvalue weighted by molar-refractivity contribution is 0.332. The molecule has 1 heterocycles. The first kappa shape index (κ1) is 12.6. The molecular weight excluding hydrogens is 257 g/mol. The number of benzene rings is 1. The van der Waals surface area contributed by atoms with Gasteiger partial charge in [-0.05, 0) is 41.9 Å². The summed E-state index contributed by atoms with van der Waals surface area (Å²) in [5.74, 6) is 0.979. The first-order chi connectivity index (χ1) is 8.74. The maximum atomic E-state index is 12.6. The van der Waals surface area contributed by atoms with Gasteiger partial charge in [0.15, 0.2) is 0 Å². The number of anilines is 1. The lowest BCUT2D eigenvalue weighted by Crippen LogP contribution is -2.12. The van der Waals surface area contributed by atoms with Crippen molar-refractivity contribution in [3.05, 3.63) is 47.6 Å². The Morgan fingerprint density at radius 3 is 2.72 bits per heavy atom. The molecule has 94 valence electrons. The molecule has 0 saturated carbocycles. The Bertz CT molecular complexity index is 507. The van der Waals surface area contributed by atoms with E-state index in [1.165, 1.54) is 12.1 Å². The number of halogens is 2. The second-order valence-corrected chi connectivity index (χ2v) is 3.78. The Morgan fingerprint density at radius 2 is 2.00 bits per heavy atom. The van der Waals surface area contributed by atoms with Gasteiger partial charge in [0.1, 0.15) is 24.0 Å². The van der Waals surface area contributed by atoms with Crippen LogP contribution in [0.5, 0.6) is 5.75 Å². The summed E-state index contributed by atoms with van der Waals surface area (Å²) in [7, 11) is 0. The molecule has 2 aromatic rings. The Balaban J connectivity index is 1.74. The number of ether oxygens (including phenoxy) is 1. The van der Waals surface area contributed by atoms with Gasteiger partial charge in [-0.2, -0.15) is 0 Å². The number of aromatic nitrogens is 2. The maximum absolute atomic E-state index is 12.6. The van der Waals surface area contributed by atoms with Crippen LogP contribution in [-0.2, 0) is 0 Å². The fourth-order valence-corrected chi connectivity index (χ4v) is 1.46. The van der Waals surface area contributed by atoms with E-state index < -0.39 is 0 Å². The van der Waals surface area contributed by atoms with Crippen molar-refractivity contribution >= 4 is 17.4 Å². The Hall–Kier alpha value is -1.88. The van der Waals surface area contributed by atoms with E-state index in [9.17, 15) is 4.39 Å². The molecule has 0 fully saturated rings. The van der Waals surface area contributed by atoms with Crippen LogP contribution in [-0.4, -0.2) is 23.1 Å². The number of rotatable bonds is 5. The van der Waals surface area contributed by atoms with E-state index in [0.717, 1.165) is 0 Å². The van der Waals surface area contributed by atoms with Gasteiger partial charge >= 0.3 is 0 Å². The topological polar surface area (TPSA) is 47.0 Å². The third-order valence-corrected chi connectivity index (χ3v) is 2.30. The van der Waals surface area contributed by atoms with E-state index in [-0.39, 0.29) is 11.1 Å². The summed E-state index contributed by atoms with van der Waals surface area (Å²) in [6.45, 7) is 0.998. The van der Waals surface area contributed by atoms with Crippen molar-refractivity contribution < 1.29 is 9.13 Å². The molecule has 0 aliphatic rings. The quantitative estimate of drug-likeness (QED) is 0.668. The van der Waals surface area contributed by atoms with Gasteiger partial charge in [0, 0.05) is 6.20 Å². The molecule has 0 unspecified atom stereocenters.